The lowest BCUT2D eigenvalue weighted by Gasteiger charge is -2.31. The highest BCUT2D eigenvalue weighted by molar-refractivity contribution is 7.99. The fraction of sp³-hybridized carbons (Fsp3) is 0.389. The van der Waals surface area contributed by atoms with E-state index < -0.39 is 18.1 Å². The van der Waals surface area contributed by atoms with E-state index in [9.17, 15) is 15.2 Å². The zero-order chi connectivity index (χ0) is 20.4. The first-order chi connectivity index (χ1) is 13.5. The number of carbonyl (C=O) groups is 1. The van der Waals surface area contributed by atoms with Crippen LogP contribution in [0.3, 0.4) is 0 Å². The first-order valence-electron chi connectivity index (χ1n) is 8.30. The van der Waals surface area contributed by atoms with E-state index >= 15 is 0 Å². The van der Waals surface area contributed by atoms with Gasteiger partial charge in [0.1, 0.15) is 11.6 Å². The molecule has 2 N–H and O–H groups in total. The zero-order valence-corrected chi connectivity index (χ0v) is 16.6. The number of ether oxygens (including phenoxy) is 3. The summed E-state index contributed by atoms with van der Waals surface area (Å²) >= 11 is 1.47. The third-order valence-corrected chi connectivity index (χ3v) is 5.49. The van der Waals surface area contributed by atoms with Crippen LogP contribution in [0.4, 0.5) is 0 Å². The van der Waals surface area contributed by atoms with Crippen molar-refractivity contribution in [3.8, 4) is 23.3 Å². The highest BCUT2D eigenvalue weighted by Crippen LogP contribution is 2.45. The van der Waals surface area contributed by atoms with Gasteiger partial charge >= 0.3 is 5.97 Å². The van der Waals surface area contributed by atoms with Crippen LogP contribution in [0.1, 0.15) is 5.56 Å². The Morgan fingerprint density at radius 3 is 2.54 bits per heavy atom. The Morgan fingerprint density at radius 2 is 2.00 bits per heavy atom. The monoisotopic (exact) mass is 404 g/mol. The minimum absolute atomic E-state index is 0.128. The summed E-state index contributed by atoms with van der Waals surface area (Å²) in [7, 11) is 4.51. The van der Waals surface area contributed by atoms with Crippen molar-refractivity contribution in [3.05, 3.63) is 23.8 Å². The molecule has 1 saturated heterocycles. The van der Waals surface area contributed by atoms with Gasteiger partial charge in [0, 0.05) is 5.56 Å². The summed E-state index contributed by atoms with van der Waals surface area (Å²) in [6.45, 7) is 0. The zero-order valence-electron chi connectivity index (χ0n) is 15.8. The smallest absolute Gasteiger partial charge is 0.354 e. The van der Waals surface area contributed by atoms with Crippen molar-refractivity contribution in [3.63, 3.8) is 0 Å². The topological polar surface area (TPSA) is 116 Å². The lowest BCUT2D eigenvalue weighted by atomic mass is 10.0. The Labute approximate surface area is 166 Å². The number of hydrazine groups is 1. The third kappa shape index (κ3) is 3.12. The Kier molecular flexibility index (Phi) is 5.67. The average molecular weight is 404 g/mol. The second kappa shape index (κ2) is 8.00. The second-order valence-electron chi connectivity index (χ2n) is 5.95. The number of nitrogens with one attached hydrogen (secondary N) is 1. The Morgan fingerprint density at radius 1 is 1.29 bits per heavy atom. The highest BCUT2D eigenvalue weighted by atomic mass is 32.2. The molecule has 2 aliphatic rings. The van der Waals surface area contributed by atoms with Crippen LogP contribution in [-0.4, -0.2) is 60.9 Å². The Balaban J connectivity index is 2.19. The molecule has 148 valence electrons. The molecule has 28 heavy (non-hydrogen) atoms. The molecule has 10 heteroatoms. The van der Waals surface area contributed by atoms with Gasteiger partial charge < -0.3 is 19.3 Å². The van der Waals surface area contributed by atoms with Crippen molar-refractivity contribution in [2.45, 2.75) is 11.5 Å². The average Bonchev–Trinajstić information content (AvgIpc) is 3.09. The van der Waals surface area contributed by atoms with Gasteiger partial charge in [0.25, 0.3) is 0 Å². The molecule has 3 rings (SSSR count). The molecule has 0 radical (unpaired) electrons. The number of hydrogen-bond donors (Lipinski definition) is 2. The molecule has 0 saturated carbocycles. The number of nitrogens with zero attached hydrogens (tertiary/aromatic N) is 3. The molecule has 0 amide bonds. The van der Waals surface area contributed by atoms with Crippen molar-refractivity contribution in [1.29, 1.82) is 5.26 Å². The molecule has 3 atom stereocenters. The molecule has 1 aromatic rings. The summed E-state index contributed by atoms with van der Waals surface area (Å²) in [6.07, 6.45) is 2.65. The number of rotatable bonds is 6. The van der Waals surface area contributed by atoms with E-state index in [-0.39, 0.29) is 11.1 Å². The standard InChI is InChI=1S/C18H20N4O5S/c1-25-13-6-5-9(14(26-2)15(13)27-3)12-7-11(18(23)24)20-16-10(8-19)17(28-4)21-22(12)16/h5-7,10,16-17,21H,1-4H3,(H,23,24). The number of benzene rings is 1. The van der Waals surface area contributed by atoms with Crippen molar-refractivity contribution in [1.82, 2.24) is 10.4 Å². The van der Waals surface area contributed by atoms with E-state index in [1.807, 2.05) is 6.26 Å². The maximum Gasteiger partial charge on any atom is 0.354 e. The van der Waals surface area contributed by atoms with Crippen molar-refractivity contribution >= 4 is 29.1 Å². The molecule has 0 spiro atoms. The number of thioether (sulfide) groups is 1. The Hall–Kier alpha value is -2.90. The van der Waals surface area contributed by atoms with Crippen LogP contribution in [-0.2, 0) is 4.79 Å². The number of fused-ring (bicyclic) bond motifs is 1. The summed E-state index contributed by atoms with van der Waals surface area (Å²) in [5.74, 6) is -0.437. The van der Waals surface area contributed by atoms with E-state index in [1.165, 1.54) is 39.2 Å². The molecule has 2 heterocycles. The minimum Gasteiger partial charge on any atom is -0.493 e. The fourth-order valence-electron chi connectivity index (χ4n) is 3.30. The quantitative estimate of drug-likeness (QED) is 0.728. The largest absolute Gasteiger partial charge is 0.493 e. The number of methoxy groups -OCH3 is 3. The van der Waals surface area contributed by atoms with Gasteiger partial charge in [-0.3, -0.25) is 5.01 Å². The van der Waals surface area contributed by atoms with Crippen LogP contribution in [0, 0.1) is 17.2 Å². The maximum absolute atomic E-state index is 11.7. The van der Waals surface area contributed by atoms with Gasteiger partial charge in [-0.05, 0) is 24.5 Å². The number of aliphatic carboxylic acids is 1. The van der Waals surface area contributed by atoms with Gasteiger partial charge in [-0.15, -0.1) is 11.8 Å². The highest BCUT2D eigenvalue weighted by Gasteiger charge is 2.45. The predicted octanol–water partition coefficient (Wildman–Crippen LogP) is 1.57. The van der Waals surface area contributed by atoms with Crippen LogP contribution in [0.5, 0.6) is 17.2 Å². The molecule has 0 aromatic heterocycles. The van der Waals surface area contributed by atoms with E-state index in [2.05, 4.69) is 16.5 Å². The molecule has 1 fully saturated rings. The number of carboxylic acids is 1. The van der Waals surface area contributed by atoms with Crippen LogP contribution in [0.2, 0.25) is 0 Å². The summed E-state index contributed by atoms with van der Waals surface area (Å²) in [4.78, 5) is 15.9. The van der Waals surface area contributed by atoms with Gasteiger partial charge in [0.2, 0.25) is 5.75 Å². The van der Waals surface area contributed by atoms with Crippen molar-refractivity contribution < 1.29 is 24.1 Å². The maximum atomic E-state index is 11.7. The van der Waals surface area contributed by atoms with Gasteiger partial charge in [0.15, 0.2) is 17.7 Å². The Bertz CT molecular complexity index is 895. The summed E-state index contributed by atoms with van der Waals surface area (Å²) in [5.41, 5.74) is 4.23. The van der Waals surface area contributed by atoms with Crippen LogP contribution in [0.25, 0.3) is 5.70 Å². The third-order valence-electron chi connectivity index (χ3n) is 4.58. The van der Waals surface area contributed by atoms with E-state index in [0.717, 1.165) is 0 Å². The lowest BCUT2D eigenvalue weighted by Crippen LogP contribution is -2.40. The molecule has 9 nitrogen and oxygen atoms in total. The fourth-order valence-corrected chi connectivity index (χ4v) is 4.01. The van der Waals surface area contributed by atoms with E-state index in [4.69, 9.17) is 14.2 Å². The summed E-state index contributed by atoms with van der Waals surface area (Å²) in [6, 6.07) is 5.70. The van der Waals surface area contributed by atoms with Crippen LogP contribution in [0.15, 0.2) is 23.2 Å². The molecule has 3 unspecified atom stereocenters. The van der Waals surface area contributed by atoms with Gasteiger partial charge in [-0.25, -0.2) is 15.2 Å². The molecule has 2 aliphatic heterocycles. The van der Waals surface area contributed by atoms with Crippen LogP contribution >= 0.6 is 11.8 Å². The number of hydrogen-bond acceptors (Lipinski definition) is 9. The molecule has 0 aliphatic carbocycles. The van der Waals surface area contributed by atoms with Gasteiger partial charge in [-0.2, -0.15) is 5.26 Å². The normalized spacial score (nSPS) is 23.2. The first kappa shape index (κ1) is 19.9. The first-order valence-corrected chi connectivity index (χ1v) is 9.59. The van der Waals surface area contributed by atoms with E-state index in [0.29, 0.717) is 28.5 Å². The minimum atomic E-state index is -1.17. The molecular weight excluding hydrogens is 384 g/mol. The van der Waals surface area contributed by atoms with Gasteiger partial charge in [-0.1, -0.05) is 0 Å². The summed E-state index contributed by atoms with van der Waals surface area (Å²) in [5, 5.41) is 20.6. The van der Waals surface area contributed by atoms with E-state index in [1.54, 1.807) is 17.1 Å². The molecule has 1 aromatic carbocycles. The number of aliphatic imine (C=N–C) groups is 1. The van der Waals surface area contributed by atoms with Crippen molar-refractivity contribution in [2.75, 3.05) is 27.6 Å². The molecular formula is C18H20N4O5S. The second-order valence-corrected chi connectivity index (χ2v) is 6.93. The van der Waals surface area contributed by atoms with Crippen LogP contribution < -0.4 is 19.6 Å². The van der Waals surface area contributed by atoms with Crippen molar-refractivity contribution in [2.24, 2.45) is 10.9 Å². The SMILES string of the molecule is COc1ccc(C2=CC(C(=O)O)=NC3C(C#N)C(SC)NN23)c(OC)c1OC. The number of carboxylic acid groups (broad SMARTS) is 1. The molecule has 0 bridgehead atoms. The predicted molar refractivity (Wildman–Crippen MR) is 104 cm³/mol. The van der Waals surface area contributed by atoms with Gasteiger partial charge in [0.05, 0.1) is 38.5 Å². The summed E-state index contributed by atoms with van der Waals surface area (Å²) < 4.78 is 16.3. The number of nitriles is 1. The lowest BCUT2D eigenvalue weighted by molar-refractivity contribution is -0.129.